The molecule has 158 valence electrons. The molecule has 0 aliphatic heterocycles. The fourth-order valence-electron chi connectivity index (χ4n) is 2.90. The summed E-state index contributed by atoms with van der Waals surface area (Å²) in [5, 5.41) is 9.37. The number of hydrogen-bond donors (Lipinski definition) is 2. The molecule has 0 aliphatic carbocycles. The second-order valence-corrected chi connectivity index (χ2v) is 8.34. The maximum Gasteiger partial charge on any atom is 0.257 e. The van der Waals surface area contributed by atoms with E-state index < -0.39 is 0 Å². The van der Waals surface area contributed by atoms with Gasteiger partial charge in [-0.3, -0.25) is 10.1 Å². The SMILES string of the molecule is COc1ccc(Nc2nc(-c3sc(NC(=O)c4ccccc4)nc3C)cs2)c(OC)c1. The van der Waals surface area contributed by atoms with Crippen LogP contribution < -0.4 is 20.1 Å². The quantitative estimate of drug-likeness (QED) is 0.380. The van der Waals surface area contributed by atoms with Crippen LogP contribution in [-0.4, -0.2) is 30.1 Å². The van der Waals surface area contributed by atoms with Gasteiger partial charge in [0.05, 0.1) is 36.2 Å². The predicted octanol–water partition coefficient (Wildman–Crippen LogP) is 5.59. The number of ether oxygens (including phenoxy) is 2. The highest BCUT2D eigenvalue weighted by molar-refractivity contribution is 7.20. The number of benzene rings is 2. The van der Waals surface area contributed by atoms with Gasteiger partial charge in [0.25, 0.3) is 5.91 Å². The molecule has 0 saturated heterocycles. The number of aryl methyl sites for hydroxylation is 1. The van der Waals surface area contributed by atoms with E-state index in [2.05, 4.69) is 20.6 Å². The van der Waals surface area contributed by atoms with Crippen LogP contribution >= 0.6 is 22.7 Å². The van der Waals surface area contributed by atoms with Crippen LogP contribution in [0.3, 0.4) is 0 Å². The number of rotatable bonds is 7. The van der Waals surface area contributed by atoms with E-state index in [9.17, 15) is 4.79 Å². The monoisotopic (exact) mass is 452 g/mol. The average molecular weight is 453 g/mol. The molecular weight excluding hydrogens is 432 g/mol. The van der Waals surface area contributed by atoms with Crippen molar-refractivity contribution in [2.24, 2.45) is 0 Å². The lowest BCUT2D eigenvalue weighted by Crippen LogP contribution is -2.11. The number of carbonyl (C=O) groups excluding carboxylic acids is 1. The second-order valence-electron chi connectivity index (χ2n) is 6.48. The van der Waals surface area contributed by atoms with Crippen molar-refractivity contribution in [1.82, 2.24) is 9.97 Å². The number of amides is 1. The minimum Gasteiger partial charge on any atom is -0.497 e. The first-order chi connectivity index (χ1) is 15.1. The topological polar surface area (TPSA) is 85.4 Å². The molecule has 2 aromatic carbocycles. The molecule has 7 nitrogen and oxygen atoms in total. The Morgan fingerprint density at radius 1 is 1.00 bits per heavy atom. The lowest BCUT2D eigenvalue weighted by molar-refractivity contribution is 0.102. The Kier molecular flexibility index (Phi) is 6.15. The van der Waals surface area contributed by atoms with E-state index in [1.54, 1.807) is 26.4 Å². The summed E-state index contributed by atoms with van der Waals surface area (Å²) in [4.78, 5) is 22.5. The molecule has 1 amide bonds. The predicted molar refractivity (Wildman–Crippen MR) is 125 cm³/mol. The van der Waals surface area contributed by atoms with E-state index in [1.807, 2.05) is 48.7 Å². The van der Waals surface area contributed by atoms with Gasteiger partial charge >= 0.3 is 0 Å². The van der Waals surface area contributed by atoms with Crippen molar-refractivity contribution in [3.63, 3.8) is 0 Å². The number of methoxy groups -OCH3 is 2. The molecule has 9 heteroatoms. The van der Waals surface area contributed by atoms with Crippen LogP contribution in [0.5, 0.6) is 11.5 Å². The minimum absolute atomic E-state index is 0.187. The van der Waals surface area contributed by atoms with E-state index in [0.717, 1.165) is 27.1 Å². The third-order valence-corrected chi connectivity index (χ3v) is 6.29. The van der Waals surface area contributed by atoms with E-state index >= 15 is 0 Å². The summed E-state index contributed by atoms with van der Waals surface area (Å²) < 4.78 is 10.7. The van der Waals surface area contributed by atoms with Crippen LogP contribution in [0.25, 0.3) is 10.6 Å². The molecule has 0 radical (unpaired) electrons. The van der Waals surface area contributed by atoms with Crippen LogP contribution in [0, 0.1) is 6.92 Å². The van der Waals surface area contributed by atoms with E-state index in [-0.39, 0.29) is 5.91 Å². The number of hydrogen-bond acceptors (Lipinski definition) is 8. The highest BCUT2D eigenvalue weighted by atomic mass is 32.1. The third-order valence-electron chi connectivity index (χ3n) is 4.44. The van der Waals surface area contributed by atoms with Crippen molar-refractivity contribution in [2.75, 3.05) is 24.9 Å². The molecule has 0 saturated carbocycles. The van der Waals surface area contributed by atoms with Crippen LogP contribution in [0.1, 0.15) is 16.1 Å². The van der Waals surface area contributed by atoms with Gasteiger partial charge in [-0.25, -0.2) is 9.97 Å². The largest absolute Gasteiger partial charge is 0.497 e. The van der Waals surface area contributed by atoms with Gasteiger partial charge in [0, 0.05) is 17.0 Å². The Morgan fingerprint density at radius 2 is 1.81 bits per heavy atom. The zero-order valence-electron chi connectivity index (χ0n) is 17.1. The number of thiazole rings is 2. The summed E-state index contributed by atoms with van der Waals surface area (Å²) in [5.41, 5.74) is 2.99. The number of nitrogens with zero attached hydrogens (tertiary/aromatic N) is 2. The van der Waals surface area contributed by atoms with Crippen LogP contribution in [0.4, 0.5) is 16.0 Å². The first kappa shape index (κ1) is 20.8. The summed E-state index contributed by atoms with van der Waals surface area (Å²) in [6, 6.07) is 14.6. The molecule has 0 unspecified atom stereocenters. The van der Waals surface area contributed by atoms with Crippen LogP contribution in [0.15, 0.2) is 53.9 Å². The van der Waals surface area contributed by atoms with Gasteiger partial charge in [0.15, 0.2) is 10.3 Å². The number of nitrogens with one attached hydrogen (secondary N) is 2. The fourth-order valence-corrected chi connectivity index (χ4v) is 4.61. The summed E-state index contributed by atoms with van der Waals surface area (Å²) in [7, 11) is 3.22. The van der Waals surface area contributed by atoms with Crippen molar-refractivity contribution in [3.8, 4) is 22.1 Å². The lowest BCUT2D eigenvalue weighted by atomic mass is 10.2. The fraction of sp³-hybridized carbons (Fsp3) is 0.136. The molecule has 2 aromatic heterocycles. The molecule has 2 N–H and O–H groups in total. The molecule has 31 heavy (non-hydrogen) atoms. The first-order valence-corrected chi connectivity index (χ1v) is 11.1. The van der Waals surface area contributed by atoms with Gasteiger partial charge in [-0.2, -0.15) is 0 Å². The van der Waals surface area contributed by atoms with Crippen molar-refractivity contribution in [1.29, 1.82) is 0 Å². The van der Waals surface area contributed by atoms with E-state index in [4.69, 9.17) is 9.47 Å². The standard InChI is InChI=1S/C22H20N4O3S2/c1-13-19(31-22(23-13)26-20(27)14-7-5-4-6-8-14)17-12-30-21(25-17)24-16-10-9-15(28-2)11-18(16)29-3/h4-12H,1-3H3,(H,24,25)(H,23,26,27). The Bertz CT molecular complexity index is 1200. The Hall–Kier alpha value is -3.43. The van der Waals surface area contributed by atoms with E-state index in [0.29, 0.717) is 22.2 Å². The molecule has 0 aliphatic rings. The van der Waals surface area contributed by atoms with Gasteiger partial charge in [-0.05, 0) is 31.2 Å². The van der Waals surface area contributed by atoms with Gasteiger partial charge in [0.1, 0.15) is 11.5 Å². The normalized spacial score (nSPS) is 10.5. The molecule has 0 bridgehead atoms. The minimum atomic E-state index is -0.187. The Balaban J connectivity index is 1.51. The maximum atomic E-state index is 12.4. The molecule has 4 rings (SSSR count). The molecule has 0 atom stereocenters. The van der Waals surface area contributed by atoms with Crippen molar-refractivity contribution in [2.45, 2.75) is 6.92 Å². The highest BCUT2D eigenvalue weighted by Gasteiger charge is 2.16. The van der Waals surface area contributed by atoms with Crippen molar-refractivity contribution >= 4 is 44.5 Å². The average Bonchev–Trinajstić information content (AvgIpc) is 3.40. The summed E-state index contributed by atoms with van der Waals surface area (Å²) in [6.45, 7) is 1.91. The highest BCUT2D eigenvalue weighted by Crippen LogP contribution is 2.37. The van der Waals surface area contributed by atoms with Gasteiger partial charge < -0.3 is 14.8 Å². The summed E-state index contributed by atoms with van der Waals surface area (Å²) in [5.74, 6) is 1.19. The second kappa shape index (κ2) is 9.15. The number of aromatic nitrogens is 2. The molecule has 0 spiro atoms. The number of anilines is 3. The van der Waals surface area contributed by atoms with E-state index in [1.165, 1.54) is 22.7 Å². The van der Waals surface area contributed by atoms with Crippen LogP contribution in [-0.2, 0) is 0 Å². The van der Waals surface area contributed by atoms with Crippen LogP contribution in [0.2, 0.25) is 0 Å². The summed E-state index contributed by atoms with van der Waals surface area (Å²) in [6.07, 6.45) is 0. The zero-order valence-corrected chi connectivity index (χ0v) is 18.8. The maximum absolute atomic E-state index is 12.4. The molecule has 2 heterocycles. The first-order valence-electron chi connectivity index (χ1n) is 9.36. The number of carbonyl (C=O) groups is 1. The summed E-state index contributed by atoms with van der Waals surface area (Å²) >= 11 is 2.88. The third kappa shape index (κ3) is 4.68. The van der Waals surface area contributed by atoms with Crippen molar-refractivity contribution < 1.29 is 14.3 Å². The smallest absolute Gasteiger partial charge is 0.257 e. The van der Waals surface area contributed by atoms with Gasteiger partial charge in [0.2, 0.25) is 0 Å². The van der Waals surface area contributed by atoms with Crippen molar-refractivity contribution in [3.05, 3.63) is 65.2 Å². The Morgan fingerprint density at radius 3 is 2.55 bits per heavy atom. The lowest BCUT2D eigenvalue weighted by Gasteiger charge is -2.10. The molecule has 4 aromatic rings. The van der Waals surface area contributed by atoms with Gasteiger partial charge in [-0.1, -0.05) is 29.5 Å². The Labute approximate surface area is 187 Å². The molecular formula is C22H20N4O3S2. The zero-order chi connectivity index (χ0) is 21.8. The molecule has 0 fully saturated rings. The van der Waals surface area contributed by atoms with Gasteiger partial charge in [-0.15, -0.1) is 11.3 Å².